The first-order valence-corrected chi connectivity index (χ1v) is 5.38. The molecule has 0 aromatic heterocycles. The predicted molar refractivity (Wildman–Crippen MR) is 59.7 cm³/mol. The summed E-state index contributed by atoms with van der Waals surface area (Å²) in [5, 5.41) is 5.13. The third kappa shape index (κ3) is 5.62. The maximum absolute atomic E-state index is 11.2. The zero-order chi connectivity index (χ0) is 10.3. The Balaban J connectivity index is 3.81. The molecule has 0 bridgehead atoms. The van der Waals surface area contributed by atoms with Gasteiger partial charge in [0.15, 0.2) is 0 Å². The van der Waals surface area contributed by atoms with E-state index >= 15 is 0 Å². The number of amides is 2. The lowest BCUT2D eigenvalue weighted by molar-refractivity contribution is -0.127. The maximum Gasteiger partial charge on any atom is 0.242 e. The minimum absolute atomic E-state index is 0.137. The van der Waals surface area contributed by atoms with E-state index in [9.17, 15) is 9.59 Å². The Hall–Kier alpha value is -0.590. The molecule has 0 saturated heterocycles. The molecule has 0 unspecified atom stereocenters. The van der Waals surface area contributed by atoms with Crippen LogP contribution in [-0.2, 0) is 9.59 Å². The first-order chi connectivity index (χ1) is 6.11. The van der Waals surface area contributed by atoms with E-state index in [4.69, 9.17) is 0 Å². The van der Waals surface area contributed by atoms with Crippen molar-refractivity contribution in [1.29, 1.82) is 0 Å². The summed E-state index contributed by atoms with van der Waals surface area (Å²) in [6, 6.07) is -0.484. The third-order valence-electron chi connectivity index (χ3n) is 1.31. The van der Waals surface area contributed by atoms with Crippen molar-refractivity contribution in [2.75, 3.05) is 11.0 Å². The van der Waals surface area contributed by atoms with Crippen LogP contribution >= 0.6 is 22.6 Å². The number of carbonyl (C=O) groups is 2. The molecule has 0 heterocycles. The Labute approximate surface area is 91.3 Å². The van der Waals surface area contributed by atoms with Crippen molar-refractivity contribution >= 4 is 34.4 Å². The first-order valence-electron chi connectivity index (χ1n) is 3.85. The standard InChI is InChI=1S/C8H13IN2O2/c1-3-4-10-8(13)6(2)11-7(12)5-9/h3,6H,1,4-5H2,2H3,(H,10,13)(H,11,12)/t6-/m1/s1. The Morgan fingerprint density at radius 3 is 2.69 bits per heavy atom. The molecule has 0 spiro atoms. The van der Waals surface area contributed by atoms with Gasteiger partial charge in [-0.1, -0.05) is 28.7 Å². The topological polar surface area (TPSA) is 58.2 Å². The van der Waals surface area contributed by atoms with Gasteiger partial charge in [-0.3, -0.25) is 9.59 Å². The van der Waals surface area contributed by atoms with E-state index in [0.717, 1.165) is 0 Å². The van der Waals surface area contributed by atoms with Gasteiger partial charge in [0.05, 0.1) is 4.43 Å². The van der Waals surface area contributed by atoms with Crippen molar-refractivity contribution in [3.8, 4) is 0 Å². The number of nitrogens with one attached hydrogen (secondary N) is 2. The number of carbonyl (C=O) groups excluding carboxylic acids is 2. The van der Waals surface area contributed by atoms with Gasteiger partial charge in [-0.25, -0.2) is 0 Å². The van der Waals surface area contributed by atoms with Gasteiger partial charge in [-0.2, -0.15) is 0 Å². The highest BCUT2D eigenvalue weighted by atomic mass is 127. The fourth-order valence-electron chi connectivity index (χ4n) is 0.671. The average molecular weight is 296 g/mol. The lowest BCUT2D eigenvalue weighted by Crippen LogP contribution is -2.45. The normalized spacial score (nSPS) is 11.5. The molecule has 0 saturated carbocycles. The monoisotopic (exact) mass is 296 g/mol. The smallest absolute Gasteiger partial charge is 0.242 e. The zero-order valence-corrected chi connectivity index (χ0v) is 9.63. The van der Waals surface area contributed by atoms with Gasteiger partial charge in [0, 0.05) is 6.54 Å². The van der Waals surface area contributed by atoms with Crippen LogP contribution in [0.1, 0.15) is 6.92 Å². The number of alkyl halides is 1. The van der Waals surface area contributed by atoms with Crippen LogP contribution in [0.25, 0.3) is 0 Å². The van der Waals surface area contributed by atoms with Crippen LogP contribution in [0.2, 0.25) is 0 Å². The molecule has 1 atom stereocenters. The molecule has 0 fully saturated rings. The van der Waals surface area contributed by atoms with Crippen molar-refractivity contribution in [1.82, 2.24) is 10.6 Å². The van der Waals surface area contributed by atoms with Crippen LogP contribution in [-0.4, -0.2) is 28.8 Å². The fraction of sp³-hybridized carbons (Fsp3) is 0.500. The van der Waals surface area contributed by atoms with Crippen LogP contribution in [0.4, 0.5) is 0 Å². The Bertz CT molecular complexity index is 206. The maximum atomic E-state index is 11.2. The van der Waals surface area contributed by atoms with Gasteiger partial charge < -0.3 is 10.6 Å². The van der Waals surface area contributed by atoms with E-state index in [1.807, 2.05) is 22.6 Å². The van der Waals surface area contributed by atoms with E-state index in [0.29, 0.717) is 11.0 Å². The molecular formula is C8H13IN2O2. The van der Waals surface area contributed by atoms with Crippen LogP contribution in [0.3, 0.4) is 0 Å². The Kier molecular flexibility index (Phi) is 6.56. The lowest BCUT2D eigenvalue weighted by atomic mass is 10.3. The fourth-order valence-corrected chi connectivity index (χ4v) is 0.892. The minimum atomic E-state index is -0.484. The SMILES string of the molecule is C=CCNC(=O)[C@@H](C)NC(=O)CI. The largest absolute Gasteiger partial charge is 0.351 e. The highest BCUT2D eigenvalue weighted by Crippen LogP contribution is 1.85. The molecule has 74 valence electrons. The van der Waals surface area contributed by atoms with Crippen molar-refractivity contribution in [2.24, 2.45) is 0 Å². The van der Waals surface area contributed by atoms with Crippen molar-refractivity contribution < 1.29 is 9.59 Å². The molecule has 0 aromatic rings. The Morgan fingerprint density at radius 2 is 2.23 bits per heavy atom. The molecule has 5 heteroatoms. The summed E-state index contributed by atoms with van der Waals surface area (Å²) in [6.45, 7) is 5.53. The van der Waals surface area contributed by atoms with Crippen LogP contribution in [0.15, 0.2) is 12.7 Å². The Morgan fingerprint density at radius 1 is 1.62 bits per heavy atom. The summed E-state index contributed by atoms with van der Waals surface area (Å²) < 4.78 is 0.358. The third-order valence-corrected chi connectivity index (χ3v) is 2.01. The number of rotatable bonds is 5. The summed E-state index contributed by atoms with van der Waals surface area (Å²) in [6.07, 6.45) is 1.59. The van der Waals surface area contributed by atoms with Crippen molar-refractivity contribution in [3.63, 3.8) is 0 Å². The minimum Gasteiger partial charge on any atom is -0.351 e. The molecule has 4 nitrogen and oxygen atoms in total. The number of hydrogen-bond acceptors (Lipinski definition) is 2. The number of halogens is 1. The van der Waals surface area contributed by atoms with Crippen molar-refractivity contribution in [2.45, 2.75) is 13.0 Å². The second-order valence-electron chi connectivity index (χ2n) is 2.46. The zero-order valence-electron chi connectivity index (χ0n) is 7.47. The van der Waals surface area contributed by atoms with E-state index in [2.05, 4.69) is 17.2 Å². The van der Waals surface area contributed by atoms with Gasteiger partial charge in [0.25, 0.3) is 0 Å². The van der Waals surface area contributed by atoms with E-state index < -0.39 is 6.04 Å². The predicted octanol–water partition coefficient (Wildman–Crippen LogP) is 0.228. The first kappa shape index (κ1) is 12.4. The van der Waals surface area contributed by atoms with Crippen LogP contribution in [0, 0.1) is 0 Å². The van der Waals surface area contributed by atoms with Crippen molar-refractivity contribution in [3.05, 3.63) is 12.7 Å². The molecule has 0 aliphatic heterocycles. The highest BCUT2D eigenvalue weighted by Gasteiger charge is 2.13. The van der Waals surface area contributed by atoms with Gasteiger partial charge >= 0.3 is 0 Å². The quantitative estimate of drug-likeness (QED) is 0.433. The molecular weight excluding hydrogens is 283 g/mol. The summed E-state index contributed by atoms with van der Waals surface area (Å²) in [7, 11) is 0. The summed E-state index contributed by atoms with van der Waals surface area (Å²) in [5.74, 6) is -0.333. The van der Waals surface area contributed by atoms with Gasteiger partial charge in [0.2, 0.25) is 11.8 Å². The van der Waals surface area contributed by atoms with Gasteiger partial charge in [-0.05, 0) is 6.92 Å². The number of hydrogen-bond donors (Lipinski definition) is 2. The molecule has 2 amide bonds. The molecule has 0 aliphatic rings. The molecule has 0 rings (SSSR count). The van der Waals surface area contributed by atoms with Crippen LogP contribution < -0.4 is 10.6 Å². The molecule has 0 aromatic carbocycles. The van der Waals surface area contributed by atoms with E-state index in [-0.39, 0.29) is 11.8 Å². The lowest BCUT2D eigenvalue weighted by Gasteiger charge is -2.11. The van der Waals surface area contributed by atoms with E-state index in [1.54, 1.807) is 13.0 Å². The second kappa shape index (κ2) is 6.88. The summed E-state index contributed by atoms with van der Waals surface area (Å²) >= 11 is 1.94. The molecule has 2 N–H and O–H groups in total. The molecule has 13 heavy (non-hydrogen) atoms. The summed E-state index contributed by atoms with van der Waals surface area (Å²) in [4.78, 5) is 22.1. The van der Waals surface area contributed by atoms with Crippen LogP contribution in [0.5, 0.6) is 0 Å². The second-order valence-corrected chi connectivity index (χ2v) is 3.22. The highest BCUT2D eigenvalue weighted by molar-refractivity contribution is 14.1. The van der Waals surface area contributed by atoms with Gasteiger partial charge in [0.1, 0.15) is 6.04 Å². The molecule has 0 aliphatic carbocycles. The van der Waals surface area contributed by atoms with E-state index in [1.165, 1.54) is 0 Å². The van der Waals surface area contributed by atoms with Gasteiger partial charge in [-0.15, -0.1) is 6.58 Å². The summed E-state index contributed by atoms with van der Waals surface area (Å²) in [5.41, 5.74) is 0. The molecule has 0 radical (unpaired) electrons. The average Bonchev–Trinajstić information content (AvgIpc) is 2.13.